The first kappa shape index (κ1) is 25.2. The van der Waals surface area contributed by atoms with Gasteiger partial charge < -0.3 is 15.4 Å². The number of nitrogens with zero attached hydrogens (tertiary/aromatic N) is 3. The molecule has 2 unspecified atom stereocenters. The van der Waals surface area contributed by atoms with Crippen LogP contribution in [0.25, 0.3) is 0 Å². The molecule has 1 saturated heterocycles. The van der Waals surface area contributed by atoms with Crippen LogP contribution < -0.4 is 10.6 Å². The lowest BCUT2D eigenvalue weighted by Crippen LogP contribution is -2.43. The minimum absolute atomic E-state index is 0. The molecule has 0 amide bonds. The number of rotatable bonds is 7. The predicted octanol–water partition coefficient (Wildman–Crippen LogP) is 3.90. The molecule has 0 aliphatic carbocycles. The molecule has 2 atom stereocenters. The van der Waals surface area contributed by atoms with Crippen molar-refractivity contribution in [2.45, 2.75) is 73.5 Å². The van der Waals surface area contributed by atoms with Gasteiger partial charge in [0.25, 0.3) is 0 Å². The molecule has 7 heteroatoms. The normalized spacial score (nSPS) is 20.6. The third kappa shape index (κ3) is 7.89. The molecule has 0 aromatic carbocycles. The number of guanidine groups is 1. The van der Waals surface area contributed by atoms with Gasteiger partial charge in [0.1, 0.15) is 0 Å². The molecule has 2 heterocycles. The first-order valence-corrected chi connectivity index (χ1v) is 10.5. The molecule has 0 spiro atoms. The van der Waals surface area contributed by atoms with E-state index in [0.29, 0.717) is 5.92 Å². The van der Waals surface area contributed by atoms with E-state index in [2.05, 4.69) is 61.1 Å². The minimum Gasteiger partial charge on any atom is -0.377 e. The van der Waals surface area contributed by atoms with Gasteiger partial charge in [0.2, 0.25) is 0 Å². The van der Waals surface area contributed by atoms with Crippen LogP contribution in [0, 0.1) is 25.2 Å². The molecule has 1 aliphatic heterocycles. The Morgan fingerprint density at radius 1 is 1.32 bits per heavy atom. The summed E-state index contributed by atoms with van der Waals surface area (Å²) in [6.07, 6.45) is 3.63. The van der Waals surface area contributed by atoms with E-state index >= 15 is 0 Å². The van der Waals surface area contributed by atoms with Gasteiger partial charge in [0.05, 0.1) is 11.8 Å². The van der Waals surface area contributed by atoms with E-state index in [0.717, 1.165) is 57.3 Å². The van der Waals surface area contributed by atoms with Crippen molar-refractivity contribution in [1.82, 2.24) is 20.4 Å². The number of aryl methyl sites for hydroxylation is 3. The third-order valence-corrected chi connectivity index (χ3v) is 5.07. The Hall–Kier alpha value is -0.830. The van der Waals surface area contributed by atoms with Crippen molar-refractivity contribution < 1.29 is 4.74 Å². The van der Waals surface area contributed by atoms with E-state index in [-0.39, 0.29) is 35.5 Å². The van der Waals surface area contributed by atoms with Crippen LogP contribution in [0.15, 0.2) is 11.1 Å². The lowest BCUT2D eigenvalue weighted by Gasteiger charge is -2.39. The number of ether oxygens (including phenoxy) is 1. The van der Waals surface area contributed by atoms with Crippen molar-refractivity contribution in [3.8, 4) is 0 Å². The molecule has 2 rings (SSSR count). The predicted molar refractivity (Wildman–Crippen MR) is 128 cm³/mol. The van der Waals surface area contributed by atoms with Gasteiger partial charge in [0.15, 0.2) is 5.96 Å². The molecule has 0 bridgehead atoms. The SMILES string of the molecule is CCNC(=NCC1CCCOC1C(C)(C)C)NCCCn1nc(C)cc1C.I. The summed E-state index contributed by atoms with van der Waals surface area (Å²) >= 11 is 0. The number of aliphatic imine (C=N–C) groups is 1. The lowest BCUT2D eigenvalue weighted by molar-refractivity contribution is -0.0823. The zero-order chi connectivity index (χ0) is 19.9. The van der Waals surface area contributed by atoms with Crippen LogP contribution in [0.5, 0.6) is 0 Å². The van der Waals surface area contributed by atoms with Crippen molar-refractivity contribution >= 4 is 29.9 Å². The fourth-order valence-electron chi connectivity index (χ4n) is 3.87. The summed E-state index contributed by atoms with van der Waals surface area (Å²) < 4.78 is 8.17. The monoisotopic (exact) mass is 505 g/mol. The van der Waals surface area contributed by atoms with Gasteiger partial charge in [0, 0.05) is 44.4 Å². The zero-order valence-electron chi connectivity index (χ0n) is 18.5. The summed E-state index contributed by atoms with van der Waals surface area (Å²) in [5.74, 6) is 1.40. The van der Waals surface area contributed by atoms with E-state index in [4.69, 9.17) is 9.73 Å². The van der Waals surface area contributed by atoms with E-state index < -0.39 is 0 Å². The van der Waals surface area contributed by atoms with Gasteiger partial charge in [-0.15, -0.1) is 24.0 Å². The second kappa shape index (κ2) is 12.0. The molecule has 1 aliphatic rings. The Morgan fingerprint density at radius 3 is 2.68 bits per heavy atom. The van der Waals surface area contributed by atoms with Crippen LogP contribution >= 0.6 is 24.0 Å². The van der Waals surface area contributed by atoms with Crippen molar-refractivity contribution in [3.05, 3.63) is 17.5 Å². The molecule has 6 nitrogen and oxygen atoms in total. The van der Waals surface area contributed by atoms with Crippen molar-refractivity contribution in [2.75, 3.05) is 26.2 Å². The largest absolute Gasteiger partial charge is 0.377 e. The highest BCUT2D eigenvalue weighted by Gasteiger charge is 2.35. The maximum atomic E-state index is 6.09. The molecule has 1 aromatic rings. The first-order valence-electron chi connectivity index (χ1n) is 10.5. The van der Waals surface area contributed by atoms with Gasteiger partial charge in [-0.05, 0) is 51.5 Å². The van der Waals surface area contributed by atoms with Crippen molar-refractivity contribution in [3.63, 3.8) is 0 Å². The number of hydrogen-bond acceptors (Lipinski definition) is 3. The van der Waals surface area contributed by atoms with Crippen LogP contribution in [0.2, 0.25) is 0 Å². The van der Waals surface area contributed by atoms with Crippen LogP contribution in [0.3, 0.4) is 0 Å². The highest BCUT2D eigenvalue weighted by molar-refractivity contribution is 14.0. The van der Waals surface area contributed by atoms with Crippen LogP contribution in [-0.2, 0) is 11.3 Å². The Morgan fingerprint density at radius 2 is 2.07 bits per heavy atom. The second-order valence-electron chi connectivity index (χ2n) is 8.71. The number of halogens is 1. The fourth-order valence-corrected chi connectivity index (χ4v) is 3.87. The molecule has 2 N–H and O–H groups in total. The Bertz CT molecular complexity index is 608. The maximum Gasteiger partial charge on any atom is 0.191 e. The van der Waals surface area contributed by atoms with Crippen LogP contribution in [0.4, 0.5) is 0 Å². The average Bonchev–Trinajstić information content (AvgIpc) is 2.93. The summed E-state index contributed by atoms with van der Waals surface area (Å²) in [7, 11) is 0. The van der Waals surface area contributed by atoms with Gasteiger partial charge in [-0.2, -0.15) is 5.10 Å². The Balaban J connectivity index is 0.00000392. The summed E-state index contributed by atoms with van der Waals surface area (Å²) in [5, 5.41) is 11.4. The van der Waals surface area contributed by atoms with E-state index in [1.54, 1.807) is 0 Å². The third-order valence-electron chi connectivity index (χ3n) is 5.07. The van der Waals surface area contributed by atoms with Gasteiger partial charge in [-0.3, -0.25) is 9.67 Å². The minimum atomic E-state index is 0. The maximum absolute atomic E-state index is 6.09. The summed E-state index contributed by atoms with van der Waals surface area (Å²) in [4.78, 5) is 4.86. The van der Waals surface area contributed by atoms with Gasteiger partial charge >= 0.3 is 0 Å². The van der Waals surface area contributed by atoms with Crippen molar-refractivity contribution in [2.24, 2.45) is 16.3 Å². The van der Waals surface area contributed by atoms with E-state index in [1.807, 2.05) is 6.92 Å². The zero-order valence-corrected chi connectivity index (χ0v) is 20.9. The summed E-state index contributed by atoms with van der Waals surface area (Å²) in [6, 6.07) is 2.12. The Kier molecular flexibility index (Phi) is 10.8. The standard InChI is InChI=1S/C21H39N5O.HI/c1-7-22-20(23-11-9-12-26-17(3)14-16(2)25-26)24-15-18-10-8-13-27-19(18)21(4,5)6;/h14,18-19H,7-13,15H2,1-6H3,(H2,22,23,24);1H. The van der Waals surface area contributed by atoms with Crippen molar-refractivity contribution in [1.29, 1.82) is 0 Å². The average molecular weight is 505 g/mol. The van der Waals surface area contributed by atoms with E-state index in [1.165, 1.54) is 12.1 Å². The van der Waals surface area contributed by atoms with Crippen LogP contribution in [0.1, 0.15) is 58.3 Å². The highest BCUT2D eigenvalue weighted by Crippen LogP contribution is 2.34. The number of nitrogens with one attached hydrogen (secondary N) is 2. The fraction of sp³-hybridized carbons (Fsp3) is 0.810. The molecular weight excluding hydrogens is 465 g/mol. The summed E-state index contributed by atoms with van der Waals surface area (Å²) in [5.41, 5.74) is 2.46. The van der Waals surface area contributed by atoms with Crippen LogP contribution in [-0.4, -0.2) is 48.1 Å². The molecular formula is C21H40IN5O. The quantitative estimate of drug-likeness (QED) is 0.255. The topological polar surface area (TPSA) is 63.5 Å². The smallest absolute Gasteiger partial charge is 0.191 e. The van der Waals surface area contributed by atoms with E-state index in [9.17, 15) is 0 Å². The lowest BCUT2D eigenvalue weighted by atomic mass is 9.78. The summed E-state index contributed by atoms with van der Waals surface area (Å²) in [6.45, 7) is 17.4. The highest BCUT2D eigenvalue weighted by atomic mass is 127. The Labute approximate surface area is 188 Å². The number of hydrogen-bond donors (Lipinski definition) is 2. The molecule has 0 saturated carbocycles. The molecule has 0 radical (unpaired) electrons. The first-order chi connectivity index (χ1) is 12.8. The van der Waals surface area contributed by atoms with Gasteiger partial charge in [-0.1, -0.05) is 20.8 Å². The molecule has 1 aromatic heterocycles. The molecule has 1 fully saturated rings. The number of aromatic nitrogens is 2. The molecule has 162 valence electrons. The second-order valence-corrected chi connectivity index (χ2v) is 8.71. The molecule has 28 heavy (non-hydrogen) atoms. The van der Waals surface area contributed by atoms with Gasteiger partial charge in [-0.25, -0.2) is 0 Å².